The van der Waals surface area contributed by atoms with Crippen LogP contribution in [-0.2, 0) is 4.74 Å². The molecule has 6 N–H and O–H groups in total. The monoisotopic (exact) mass is 1070 g/mol. The molecule has 4 heterocycles. The Morgan fingerprint density at radius 3 is 1.84 bits per heavy atom. The van der Waals surface area contributed by atoms with Crippen molar-refractivity contribution in [1.82, 2.24) is 34.5 Å². The Bertz CT molecular complexity index is 3580. The number of benzene rings is 4. The number of halogens is 4. The Kier molecular flexibility index (Phi) is 16.7. The number of nitrogens with one attached hydrogen (secondary N) is 6. The van der Waals surface area contributed by atoms with Crippen LogP contribution in [-0.4, -0.2) is 86.9 Å². The topological polar surface area (TPSA) is 305 Å². The van der Waals surface area contributed by atoms with E-state index in [1.807, 2.05) is 6.07 Å². The average Bonchev–Trinajstić information content (AvgIpc) is 4.06. The SMILES string of the molecule is CNc1nc(NC)c(N=Nc2nn(-c3ccc([N+](=O)[O-])cc3)cc2C#N)c(NCCOCCNc2nc(Nc3ccc(F)c(Cl)c3)cc(Nc3ccc(F)c(Cl)c3)c2N=Nc2nn(-c3cccc(OC)c3)cc2C#N)n1. The van der Waals surface area contributed by atoms with Crippen molar-refractivity contribution in [3.63, 3.8) is 0 Å². The van der Waals surface area contributed by atoms with Crippen molar-refractivity contribution in [2.24, 2.45) is 20.5 Å². The summed E-state index contributed by atoms with van der Waals surface area (Å²) < 4.78 is 42.7. The van der Waals surface area contributed by atoms with Crippen molar-refractivity contribution < 1.29 is 23.2 Å². The number of non-ortho nitro benzene ring substituents is 1. The molecule has 0 fully saturated rings. The zero-order valence-electron chi connectivity index (χ0n) is 40.0. The van der Waals surface area contributed by atoms with Crippen LogP contribution in [0.4, 0.5) is 83.8 Å². The fraction of sp³-hybridized carbons (Fsp3) is 0.146. The number of nitro groups is 1. The molecule has 8 rings (SSSR count). The van der Waals surface area contributed by atoms with Crippen molar-refractivity contribution in [2.75, 3.05) is 79.4 Å². The van der Waals surface area contributed by atoms with Crippen LogP contribution in [0, 0.1) is 44.4 Å². The fourth-order valence-corrected chi connectivity index (χ4v) is 7.25. The molecule has 8 aromatic rings. The van der Waals surface area contributed by atoms with Gasteiger partial charge in [0, 0.05) is 62.8 Å². The van der Waals surface area contributed by atoms with Crippen molar-refractivity contribution in [2.45, 2.75) is 0 Å². The molecule has 0 atom stereocenters. The standard InChI is InChI=1S/C48H40Cl2F2N20O4/c1-55-45-42(65-67-44-27(23-53)25-70(68-44)31-9-11-32(12-10-31)72(73)74)47(63-48(56-2)62-45)58-16-18-76-17-15-57-46-41(64-66-43-28(24-54)26-71(69-43)33-5-4-6-34(21-33)75-3)39(59-29-7-13-37(51)35(49)19-29)22-40(61-46)60-30-8-14-38(52)36(50)20-30/h4-14,19-22,25-26H,15-18H2,1-3H3,(H3,57,59,60,61)(H3,55,56,58,62,63). The van der Waals surface area contributed by atoms with Gasteiger partial charge < -0.3 is 41.4 Å². The number of pyridine rings is 1. The van der Waals surface area contributed by atoms with Gasteiger partial charge in [0.1, 0.15) is 46.5 Å². The first-order chi connectivity index (χ1) is 36.9. The molecule has 0 radical (unpaired) electrons. The highest BCUT2D eigenvalue weighted by Gasteiger charge is 2.19. The van der Waals surface area contributed by atoms with E-state index in [2.05, 4.69) is 78.6 Å². The number of azo groups is 2. The second kappa shape index (κ2) is 24.2. The molecule has 0 aliphatic heterocycles. The van der Waals surface area contributed by atoms with Gasteiger partial charge in [-0.1, -0.05) is 29.3 Å². The van der Waals surface area contributed by atoms with Gasteiger partial charge in [-0.25, -0.2) is 23.1 Å². The Morgan fingerprint density at radius 2 is 1.28 bits per heavy atom. The van der Waals surface area contributed by atoms with Crippen LogP contribution in [0.5, 0.6) is 5.75 Å². The van der Waals surface area contributed by atoms with Crippen molar-refractivity contribution in [1.29, 1.82) is 10.5 Å². The molecule has 4 aromatic heterocycles. The second-order valence-electron chi connectivity index (χ2n) is 15.5. The number of ether oxygens (including phenoxy) is 2. The maximum atomic E-state index is 14.3. The summed E-state index contributed by atoms with van der Waals surface area (Å²) in [7, 11) is 4.81. The van der Waals surface area contributed by atoms with Crippen LogP contribution in [0.3, 0.4) is 0 Å². The zero-order chi connectivity index (χ0) is 53.7. The molecular formula is C48H40Cl2F2N20O4. The molecule has 24 nitrogen and oxygen atoms in total. The van der Waals surface area contributed by atoms with Crippen LogP contribution < -0.4 is 36.6 Å². The summed E-state index contributed by atoms with van der Waals surface area (Å²) in [5.74, 6) is 0.420. The smallest absolute Gasteiger partial charge is 0.269 e. The third kappa shape index (κ3) is 12.6. The van der Waals surface area contributed by atoms with Crippen molar-refractivity contribution >= 4 is 98.2 Å². The van der Waals surface area contributed by atoms with Gasteiger partial charge >= 0.3 is 0 Å². The molecule has 28 heteroatoms. The van der Waals surface area contributed by atoms with Gasteiger partial charge in [-0.15, -0.1) is 30.7 Å². The zero-order valence-corrected chi connectivity index (χ0v) is 41.6. The van der Waals surface area contributed by atoms with E-state index in [0.29, 0.717) is 28.5 Å². The summed E-state index contributed by atoms with van der Waals surface area (Å²) in [5.41, 5.74) is 2.46. The third-order valence-electron chi connectivity index (χ3n) is 10.6. The minimum atomic E-state index is -0.641. The molecule has 0 saturated carbocycles. The van der Waals surface area contributed by atoms with Gasteiger partial charge in [-0.2, -0.15) is 20.5 Å². The lowest BCUT2D eigenvalue weighted by molar-refractivity contribution is -0.384. The normalized spacial score (nSPS) is 11.1. The van der Waals surface area contributed by atoms with E-state index >= 15 is 0 Å². The molecule has 384 valence electrons. The van der Waals surface area contributed by atoms with Gasteiger partial charge in [0.15, 0.2) is 28.8 Å². The third-order valence-corrected chi connectivity index (χ3v) is 11.1. The Balaban J connectivity index is 1.03. The minimum absolute atomic E-state index is 0.0228. The average molecular weight is 1070 g/mol. The molecule has 0 unspecified atom stereocenters. The number of hydrogen-bond acceptors (Lipinski definition) is 21. The van der Waals surface area contributed by atoms with Crippen LogP contribution >= 0.6 is 23.2 Å². The maximum absolute atomic E-state index is 14.3. The van der Waals surface area contributed by atoms with Crippen LogP contribution in [0.2, 0.25) is 10.0 Å². The molecule has 0 spiro atoms. The molecular weight excluding hydrogens is 1030 g/mol. The lowest BCUT2D eigenvalue weighted by atomic mass is 10.2. The van der Waals surface area contributed by atoms with E-state index in [4.69, 9.17) is 37.7 Å². The predicted octanol–water partition coefficient (Wildman–Crippen LogP) is 11.4. The number of nitriles is 2. The summed E-state index contributed by atoms with van der Waals surface area (Å²) in [4.78, 5) is 24.4. The highest BCUT2D eigenvalue weighted by molar-refractivity contribution is 6.31. The summed E-state index contributed by atoms with van der Waals surface area (Å²) in [6, 6.07) is 26.4. The minimum Gasteiger partial charge on any atom is -0.497 e. The van der Waals surface area contributed by atoms with E-state index in [1.165, 1.54) is 89.5 Å². The first-order valence-electron chi connectivity index (χ1n) is 22.4. The number of nitrogens with zero attached hydrogens (tertiary/aromatic N) is 14. The molecule has 0 aliphatic carbocycles. The summed E-state index contributed by atoms with van der Waals surface area (Å²) >= 11 is 12.3. The van der Waals surface area contributed by atoms with Gasteiger partial charge in [-0.3, -0.25) is 10.1 Å². The van der Waals surface area contributed by atoms with Crippen molar-refractivity contribution in [3.05, 3.63) is 146 Å². The number of rotatable bonds is 22. The quantitative estimate of drug-likeness (QED) is 0.0159. The Morgan fingerprint density at radius 1 is 0.697 bits per heavy atom. The first kappa shape index (κ1) is 52.4. The molecule has 0 bridgehead atoms. The van der Waals surface area contributed by atoms with Crippen LogP contribution in [0.15, 0.2) is 124 Å². The van der Waals surface area contributed by atoms with Crippen LogP contribution in [0.1, 0.15) is 11.1 Å². The van der Waals surface area contributed by atoms with Gasteiger partial charge in [-0.05, 0) is 60.7 Å². The van der Waals surface area contributed by atoms with E-state index in [9.17, 15) is 29.4 Å². The van der Waals surface area contributed by atoms with Gasteiger partial charge in [0.2, 0.25) is 17.6 Å². The van der Waals surface area contributed by atoms with E-state index in [-0.39, 0.29) is 111 Å². The molecule has 0 amide bonds. The summed E-state index contributed by atoms with van der Waals surface area (Å²) in [6.07, 6.45) is 2.92. The predicted molar refractivity (Wildman–Crippen MR) is 281 cm³/mol. The van der Waals surface area contributed by atoms with E-state index in [0.717, 1.165) is 0 Å². The Labute approximate surface area is 440 Å². The lowest BCUT2D eigenvalue weighted by Gasteiger charge is -2.17. The lowest BCUT2D eigenvalue weighted by Crippen LogP contribution is -2.16. The van der Waals surface area contributed by atoms with E-state index < -0.39 is 16.6 Å². The highest BCUT2D eigenvalue weighted by Crippen LogP contribution is 2.40. The summed E-state index contributed by atoms with van der Waals surface area (Å²) in [6.45, 7) is 0.604. The number of aromatic nitrogens is 7. The number of hydrogen-bond donors (Lipinski definition) is 6. The Hall–Kier alpha value is -9.89. The van der Waals surface area contributed by atoms with Crippen LogP contribution in [0.25, 0.3) is 11.4 Å². The molecule has 4 aromatic carbocycles. The van der Waals surface area contributed by atoms with Gasteiger partial charge in [0.05, 0.1) is 64.7 Å². The fourth-order valence-electron chi connectivity index (χ4n) is 6.89. The van der Waals surface area contributed by atoms with E-state index in [1.54, 1.807) is 44.4 Å². The van der Waals surface area contributed by atoms with Crippen molar-refractivity contribution in [3.8, 4) is 29.3 Å². The number of nitro benzene ring substituents is 1. The van der Waals surface area contributed by atoms with Gasteiger partial charge in [0.25, 0.3) is 5.69 Å². The molecule has 0 aliphatic rings. The maximum Gasteiger partial charge on any atom is 0.269 e. The highest BCUT2D eigenvalue weighted by atomic mass is 35.5. The second-order valence-corrected chi connectivity index (χ2v) is 16.4. The number of anilines is 8. The summed E-state index contributed by atoms with van der Waals surface area (Å²) in [5, 5.41) is 75.9. The first-order valence-corrected chi connectivity index (χ1v) is 23.2. The molecule has 76 heavy (non-hydrogen) atoms. The number of methoxy groups -OCH3 is 1. The molecule has 0 saturated heterocycles. The largest absolute Gasteiger partial charge is 0.497 e.